The fraction of sp³-hybridized carbons (Fsp3) is 0.600. The van der Waals surface area contributed by atoms with E-state index in [1.165, 1.54) is 16.7 Å². The highest BCUT2D eigenvalue weighted by Gasteiger charge is 2.08. The van der Waals surface area contributed by atoms with Crippen LogP contribution in [0.25, 0.3) is 0 Å². The number of hydrogen-bond donors (Lipinski definition) is 1. The molecule has 0 unspecified atom stereocenters. The van der Waals surface area contributed by atoms with E-state index in [4.69, 9.17) is 4.74 Å². The van der Waals surface area contributed by atoms with Gasteiger partial charge >= 0.3 is 0 Å². The topological polar surface area (TPSA) is 24.5 Å². The van der Waals surface area contributed by atoms with Gasteiger partial charge < -0.3 is 15.0 Å². The van der Waals surface area contributed by atoms with Gasteiger partial charge in [0.25, 0.3) is 0 Å². The van der Waals surface area contributed by atoms with E-state index in [0.717, 1.165) is 31.8 Å². The Hall–Kier alpha value is -1.06. The second kappa shape index (κ2) is 7.39. The van der Waals surface area contributed by atoms with E-state index >= 15 is 0 Å². The summed E-state index contributed by atoms with van der Waals surface area (Å²) in [4.78, 5) is 2.34. The predicted octanol–water partition coefficient (Wildman–Crippen LogP) is 2.01. The molecule has 3 nitrogen and oxygen atoms in total. The lowest BCUT2D eigenvalue weighted by Crippen LogP contribution is -2.29. The first kappa shape index (κ1) is 15.0. The second-order valence-electron chi connectivity index (χ2n) is 4.92. The van der Waals surface area contributed by atoms with Crippen LogP contribution in [0.1, 0.15) is 16.7 Å². The van der Waals surface area contributed by atoms with Crippen molar-refractivity contribution in [1.82, 2.24) is 10.2 Å². The third-order valence-electron chi connectivity index (χ3n) is 3.28. The van der Waals surface area contributed by atoms with Crippen molar-refractivity contribution in [2.45, 2.75) is 20.3 Å². The third-order valence-corrected chi connectivity index (χ3v) is 3.28. The molecule has 1 rings (SSSR count). The Morgan fingerprint density at radius 1 is 1.22 bits per heavy atom. The van der Waals surface area contributed by atoms with Gasteiger partial charge in [0, 0.05) is 19.6 Å². The van der Waals surface area contributed by atoms with E-state index in [-0.39, 0.29) is 0 Å². The molecule has 0 saturated heterocycles. The molecule has 0 aromatic heterocycles. The molecule has 0 heterocycles. The van der Waals surface area contributed by atoms with Crippen LogP contribution in [0.2, 0.25) is 0 Å². The molecule has 102 valence electrons. The summed E-state index contributed by atoms with van der Waals surface area (Å²) < 4.78 is 5.49. The lowest BCUT2D eigenvalue weighted by molar-refractivity contribution is 0.335. The van der Waals surface area contributed by atoms with Crippen molar-refractivity contribution in [3.05, 3.63) is 28.8 Å². The summed E-state index contributed by atoms with van der Waals surface area (Å²) in [6.07, 6.45) is 1.04. The largest absolute Gasteiger partial charge is 0.496 e. The number of nitrogens with zero attached hydrogens (tertiary/aromatic N) is 1. The van der Waals surface area contributed by atoms with Gasteiger partial charge in [0.05, 0.1) is 7.11 Å². The summed E-state index contributed by atoms with van der Waals surface area (Å²) in [6.45, 7) is 7.43. The molecule has 0 fully saturated rings. The zero-order chi connectivity index (χ0) is 13.5. The number of hydrogen-bond acceptors (Lipinski definition) is 3. The fourth-order valence-corrected chi connectivity index (χ4v) is 2.18. The van der Waals surface area contributed by atoms with E-state index in [1.807, 2.05) is 7.05 Å². The average Bonchev–Trinajstić information content (AvgIpc) is 2.34. The fourth-order valence-electron chi connectivity index (χ4n) is 2.18. The first-order chi connectivity index (χ1) is 8.58. The van der Waals surface area contributed by atoms with Gasteiger partial charge in [-0.3, -0.25) is 0 Å². The maximum Gasteiger partial charge on any atom is 0.122 e. The number of nitrogens with one attached hydrogen (secondary N) is 1. The zero-order valence-electron chi connectivity index (χ0n) is 12.3. The van der Waals surface area contributed by atoms with Crippen LogP contribution in [0.4, 0.5) is 0 Å². The van der Waals surface area contributed by atoms with Crippen molar-refractivity contribution >= 4 is 0 Å². The Labute approximate surface area is 111 Å². The molecule has 0 amide bonds. The SMILES string of the molecule is CNCCN(C)CCc1c(C)cc(C)cc1OC. The summed E-state index contributed by atoms with van der Waals surface area (Å²) in [7, 11) is 5.90. The summed E-state index contributed by atoms with van der Waals surface area (Å²) in [6, 6.07) is 4.35. The first-order valence-corrected chi connectivity index (χ1v) is 6.55. The highest BCUT2D eigenvalue weighted by molar-refractivity contribution is 5.43. The van der Waals surface area contributed by atoms with Gasteiger partial charge in [-0.1, -0.05) is 6.07 Å². The number of likely N-dealkylation sites (N-methyl/N-ethyl adjacent to an activating group) is 2. The van der Waals surface area contributed by atoms with E-state index in [1.54, 1.807) is 7.11 Å². The Morgan fingerprint density at radius 3 is 2.56 bits per heavy atom. The van der Waals surface area contributed by atoms with Crippen LogP contribution in [0.3, 0.4) is 0 Å². The number of aryl methyl sites for hydroxylation is 2. The Balaban J connectivity index is 2.66. The molecule has 0 aliphatic rings. The number of ether oxygens (including phenoxy) is 1. The lowest BCUT2D eigenvalue weighted by atomic mass is 10.0. The number of benzene rings is 1. The van der Waals surface area contributed by atoms with Crippen LogP contribution < -0.4 is 10.1 Å². The minimum Gasteiger partial charge on any atom is -0.496 e. The molecule has 0 aliphatic heterocycles. The summed E-state index contributed by atoms with van der Waals surface area (Å²) in [5.41, 5.74) is 3.92. The van der Waals surface area contributed by atoms with E-state index in [0.29, 0.717) is 0 Å². The molecule has 0 atom stereocenters. The monoisotopic (exact) mass is 250 g/mol. The van der Waals surface area contributed by atoms with Gasteiger partial charge in [-0.2, -0.15) is 0 Å². The Bertz CT molecular complexity index is 377. The minimum atomic E-state index is 1.02. The molecule has 18 heavy (non-hydrogen) atoms. The van der Waals surface area contributed by atoms with Crippen LogP contribution >= 0.6 is 0 Å². The van der Waals surface area contributed by atoms with Crippen LogP contribution in [0, 0.1) is 13.8 Å². The lowest BCUT2D eigenvalue weighted by Gasteiger charge is -2.18. The van der Waals surface area contributed by atoms with Crippen molar-refractivity contribution in [1.29, 1.82) is 0 Å². The van der Waals surface area contributed by atoms with Gasteiger partial charge in [-0.25, -0.2) is 0 Å². The smallest absolute Gasteiger partial charge is 0.122 e. The maximum absolute atomic E-state index is 5.49. The van der Waals surface area contributed by atoms with Gasteiger partial charge in [-0.05, 0) is 57.1 Å². The van der Waals surface area contributed by atoms with Crippen molar-refractivity contribution in [3.8, 4) is 5.75 Å². The first-order valence-electron chi connectivity index (χ1n) is 6.55. The average molecular weight is 250 g/mol. The summed E-state index contributed by atoms with van der Waals surface area (Å²) in [5, 5.41) is 3.17. The molecule has 1 aromatic carbocycles. The molecular formula is C15H26N2O. The Morgan fingerprint density at radius 2 is 1.94 bits per heavy atom. The summed E-state index contributed by atoms with van der Waals surface area (Å²) in [5.74, 6) is 1.02. The molecule has 0 spiro atoms. The van der Waals surface area contributed by atoms with E-state index < -0.39 is 0 Å². The van der Waals surface area contributed by atoms with Gasteiger partial charge in [0.2, 0.25) is 0 Å². The van der Waals surface area contributed by atoms with Crippen LogP contribution in [0.15, 0.2) is 12.1 Å². The zero-order valence-corrected chi connectivity index (χ0v) is 12.3. The molecule has 1 N–H and O–H groups in total. The van der Waals surface area contributed by atoms with Crippen LogP contribution in [0.5, 0.6) is 5.75 Å². The van der Waals surface area contributed by atoms with E-state index in [9.17, 15) is 0 Å². The minimum absolute atomic E-state index is 1.02. The third kappa shape index (κ3) is 4.31. The quantitative estimate of drug-likeness (QED) is 0.801. The summed E-state index contributed by atoms with van der Waals surface area (Å²) >= 11 is 0. The standard InChI is InChI=1S/C15H26N2O/c1-12-10-13(2)14(15(11-12)18-5)6-8-17(4)9-7-16-3/h10-11,16H,6-9H2,1-5H3. The molecule has 3 heteroatoms. The molecule has 1 aromatic rings. The maximum atomic E-state index is 5.49. The van der Waals surface area contributed by atoms with Crippen molar-refractivity contribution in [2.24, 2.45) is 0 Å². The van der Waals surface area contributed by atoms with Crippen LogP contribution in [-0.2, 0) is 6.42 Å². The molecular weight excluding hydrogens is 224 g/mol. The molecule has 0 radical (unpaired) electrons. The van der Waals surface area contributed by atoms with Crippen LogP contribution in [-0.4, -0.2) is 45.7 Å². The predicted molar refractivity (Wildman–Crippen MR) is 77.6 cm³/mol. The second-order valence-corrected chi connectivity index (χ2v) is 4.92. The van der Waals surface area contributed by atoms with Gasteiger partial charge in [-0.15, -0.1) is 0 Å². The van der Waals surface area contributed by atoms with Gasteiger partial charge in [0.1, 0.15) is 5.75 Å². The van der Waals surface area contributed by atoms with Crippen molar-refractivity contribution < 1.29 is 4.74 Å². The molecule has 0 aliphatic carbocycles. The Kier molecular flexibility index (Phi) is 6.16. The van der Waals surface area contributed by atoms with E-state index in [2.05, 4.69) is 43.2 Å². The van der Waals surface area contributed by atoms with Crippen molar-refractivity contribution in [2.75, 3.05) is 40.8 Å². The van der Waals surface area contributed by atoms with Gasteiger partial charge in [0.15, 0.2) is 0 Å². The number of rotatable bonds is 7. The molecule has 0 saturated carbocycles. The van der Waals surface area contributed by atoms with Crippen molar-refractivity contribution in [3.63, 3.8) is 0 Å². The molecule has 0 bridgehead atoms. The highest BCUT2D eigenvalue weighted by Crippen LogP contribution is 2.24. The normalized spacial score (nSPS) is 11.0. The number of methoxy groups -OCH3 is 1. The highest BCUT2D eigenvalue weighted by atomic mass is 16.5.